The van der Waals surface area contributed by atoms with Crippen LogP contribution in [-0.2, 0) is 4.79 Å². The van der Waals surface area contributed by atoms with E-state index in [2.05, 4.69) is 20.2 Å². The van der Waals surface area contributed by atoms with E-state index in [9.17, 15) is 4.79 Å². The third kappa shape index (κ3) is 5.00. The second kappa shape index (κ2) is 9.40. The Kier molecular flexibility index (Phi) is 6.43. The van der Waals surface area contributed by atoms with Crippen LogP contribution >= 0.6 is 11.3 Å². The number of aliphatic hydroxyl groups excluding tert-OH is 1. The highest BCUT2D eigenvalue weighted by molar-refractivity contribution is 7.18. The van der Waals surface area contributed by atoms with Crippen LogP contribution in [0.2, 0.25) is 0 Å². The molecule has 1 saturated heterocycles. The number of hydrogen-bond donors (Lipinski definition) is 2. The van der Waals surface area contributed by atoms with Crippen molar-refractivity contribution in [3.63, 3.8) is 0 Å². The molecule has 31 heavy (non-hydrogen) atoms. The highest BCUT2D eigenvalue weighted by atomic mass is 32.1. The maximum atomic E-state index is 11.7. The van der Waals surface area contributed by atoms with Crippen molar-refractivity contribution in [2.45, 2.75) is 25.8 Å². The van der Waals surface area contributed by atoms with Crippen LogP contribution in [0.3, 0.4) is 0 Å². The third-order valence-electron chi connectivity index (χ3n) is 5.48. The van der Waals surface area contributed by atoms with Gasteiger partial charge < -0.3 is 20.2 Å². The van der Waals surface area contributed by atoms with Crippen LogP contribution < -0.4 is 10.2 Å². The van der Waals surface area contributed by atoms with Gasteiger partial charge in [-0.1, -0.05) is 17.4 Å². The number of anilines is 3. The van der Waals surface area contributed by atoms with Crippen LogP contribution in [-0.4, -0.2) is 63.7 Å². The van der Waals surface area contributed by atoms with Crippen LogP contribution in [0.4, 0.5) is 16.8 Å². The van der Waals surface area contributed by atoms with Gasteiger partial charge in [0.2, 0.25) is 5.91 Å². The fraction of sp³-hybridized carbons (Fsp3) is 0.364. The molecule has 0 radical (unpaired) electrons. The quantitative estimate of drug-likeness (QED) is 0.611. The Bertz CT molecular complexity index is 1050. The number of carbonyl (C=O) groups is 1. The zero-order valence-corrected chi connectivity index (χ0v) is 18.5. The summed E-state index contributed by atoms with van der Waals surface area (Å²) in [7, 11) is 1.76. The molecule has 0 spiro atoms. The Morgan fingerprint density at radius 3 is 2.81 bits per heavy atom. The Morgan fingerprint density at radius 1 is 1.26 bits per heavy atom. The Labute approximate surface area is 185 Å². The maximum absolute atomic E-state index is 11.7. The number of aliphatic hydroxyl groups is 1. The molecular weight excluding hydrogens is 412 g/mol. The van der Waals surface area contributed by atoms with Crippen molar-refractivity contribution in [3.05, 3.63) is 48.3 Å². The Balaban J connectivity index is 1.42. The van der Waals surface area contributed by atoms with Crippen LogP contribution in [0.15, 0.2) is 42.7 Å². The summed E-state index contributed by atoms with van der Waals surface area (Å²) in [5.41, 5.74) is 2.00. The minimum absolute atomic E-state index is 0.162. The van der Waals surface area contributed by atoms with E-state index in [1.807, 2.05) is 43.5 Å². The minimum Gasteiger partial charge on any atom is -0.387 e. The number of amides is 1. The van der Waals surface area contributed by atoms with E-state index >= 15 is 0 Å². The van der Waals surface area contributed by atoms with Crippen LogP contribution in [0, 0.1) is 6.92 Å². The van der Waals surface area contributed by atoms with E-state index in [1.54, 1.807) is 29.5 Å². The molecule has 0 saturated carbocycles. The van der Waals surface area contributed by atoms with Crippen LogP contribution in [0.1, 0.15) is 18.4 Å². The zero-order valence-electron chi connectivity index (χ0n) is 17.7. The van der Waals surface area contributed by atoms with Crippen molar-refractivity contribution in [2.75, 3.05) is 37.0 Å². The number of aromatic nitrogens is 3. The fourth-order valence-corrected chi connectivity index (χ4v) is 4.60. The second-order valence-electron chi connectivity index (χ2n) is 7.64. The van der Waals surface area contributed by atoms with Crippen LogP contribution in [0.25, 0.3) is 10.6 Å². The number of pyridine rings is 2. The van der Waals surface area contributed by atoms with Crippen molar-refractivity contribution in [1.82, 2.24) is 19.9 Å². The number of nitrogens with zero attached hydrogens (tertiary/aromatic N) is 5. The SMILES string of the molecule is Cc1ccnc(Nc2cccc(-c3cnc(N4CCC(N(C)C(=O)CO)CC4)s3)n2)c1. The van der Waals surface area contributed by atoms with Gasteiger partial charge in [0.05, 0.1) is 10.6 Å². The summed E-state index contributed by atoms with van der Waals surface area (Å²) in [4.78, 5) is 30.3. The summed E-state index contributed by atoms with van der Waals surface area (Å²) >= 11 is 1.62. The molecular formula is C22H26N6O2S. The molecule has 2 N–H and O–H groups in total. The molecule has 1 aliphatic rings. The van der Waals surface area contributed by atoms with Gasteiger partial charge in [0.25, 0.3) is 0 Å². The average Bonchev–Trinajstić information content (AvgIpc) is 3.29. The molecule has 3 aromatic heterocycles. The third-order valence-corrected chi connectivity index (χ3v) is 6.56. The lowest BCUT2D eigenvalue weighted by Gasteiger charge is -2.36. The number of carbonyl (C=O) groups excluding carboxylic acids is 1. The van der Waals surface area contributed by atoms with Gasteiger partial charge in [-0.3, -0.25) is 4.79 Å². The lowest BCUT2D eigenvalue weighted by atomic mass is 10.0. The molecule has 0 aromatic carbocycles. The fourth-order valence-electron chi connectivity index (χ4n) is 3.67. The average molecular weight is 439 g/mol. The molecule has 1 amide bonds. The maximum Gasteiger partial charge on any atom is 0.248 e. The predicted molar refractivity (Wildman–Crippen MR) is 123 cm³/mol. The largest absolute Gasteiger partial charge is 0.387 e. The number of aryl methyl sites for hydroxylation is 1. The van der Waals surface area contributed by atoms with Gasteiger partial charge >= 0.3 is 0 Å². The molecule has 4 heterocycles. The first-order chi connectivity index (χ1) is 15.0. The van der Waals surface area contributed by atoms with Gasteiger partial charge in [-0.25, -0.2) is 15.0 Å². The van der Waals surface area contributed by atoms with Gasteiger partial charge in [-0.15, -0.1) is 0 Å². The molecule has 0 unspecified atom stereocenters. The first-order valence-electron chi connectivity index (χ1n) is 10.3. The lowest BCUT2D eigenvalue weighted by molar-refractivity contribution is -0.135. The summed E-state index contributed by atoms with van der Waals surface area (Å²) in [6, 6.07) is 9.97. The van der Waals surface area contributed by atoms with Crippen molar-refractivity contribution in [1.29, 1.82) is 0 Å². The van der Waals surface area contributed by atoms with Gasteiger partial charge in [-0.2, -0.15) is 0 Å². The predicted octanol–water partition coefficient (Wildman–Crippen LogP) is 3.07. The number of hydrogen-bond acceptors (Lipinski definition) is 8. The van der Waals surface area contributed by atoms with E-state index in [0.29, 0.717) is 0 Å². The highest BCUT2D eigenvalue weighted by Gasteiger charge is 2.26. The second-order valence-corrected chi connectivity index (χ2v) is 8.65. The smallest absolute Gasteiger partial charge is 0.248 e. The molecule has 4 rings (SSSR count). The van der Waals surface area contributed by atoms with Gasteiger partial charge in [0, 0.05) is 38.6 Å². The van der Waals surface area contributed by atoms with Gasteiger partial charge in [0.15, 0.2) is 5.13 Å². The van der Waals surface area contributed by atoms with Crippen molar-refractivity contribution >= 4 is 34.0 Å². The summed E-state index contributed by atoms with van der Waals surface area (Å²) in [6.45, 7) is 3.25. The van der Waals surface area contributed by atoms with Crippen molar-refractivity contribution in [3.8, 4) is 10.6 Å². The van der Waals surface area contributed by atoms with Crippen molar-refractivity contribution < 1.29 is 9.90 Å². The zero-order chi connectivity index (χ0) is 21.8. The van der Waals surface area contributed by atoms with E-state index in [-0.39, 0.29) is 11.9 Å². The molecule has 1 fully saturated rings. The van der Waals surface area contributed by atoms with E-state index in [0.717, 1.165) is 58.8 Å². The topological polar surface area (TPSA) is 94.5 Å². The van der Waals surface area contributed by atoms with Crippen molar-refractivity contribution in [2.24, 2.45) is 0 Å². The molecule has 3 aromatic rings. The summed E-state index contributed by atoms with van der Waals surface area (Å²) in [5.74, 6) is 1.28. The molecule has 0 aliphatic carbocycles. The van der Waals surface area contributed by atoms with E-state index in [4.69, 9.17) is 10.1 Å². The minimum atomic E-state index is -0.437. The normalized spacial score (nSPS) is 14.5. The number of piperidine rings is 1. The van der Waals surface area contributed by atoms with Crippen LogP contribution in [0.5, 0.6) is 0 Å². The van der Waals surface area contributed by atoms with E-state index < -0.39 is 6.61 Å². The highest BCUT2D eigenvalue weighted by Crippen LogP contribution is 2.32. The first kappa shape index (κ1) is 21.2. The molecule has 9 heteroatoms. The van der Waals surface area contributed by atoms with Gasteiger partial charge in [0.1, 0.15) is 18.2 Å². The molecule has 8 nitrogen and oxygen atoms in total. The Hall–Kier alpha value is -3.04. The number of thiazole rings is 1. The summed E-state index contributed by atoms with van der Waals surface area (Å²) in [5, 5.41) is 13.3. The molecule has 0 bridgehead atoms. The molecule has 1 aliphatic heterocycles. The number of nitrogens with one attached hydrogen (secondary N) is 1. The molecule has 162 valence electrons. The first-order valence-corrected chi connectivity index (χ1v) is 11.1. The lowest BCUT2D eigenvalue weighted by Crippen LogP contribution is -2.46. The summed E-state index contributed by atoms with van der Waals surface area (Å²) < 4.78 is 0. The monoisotopic (exact) mass is 438 g/mol. The summed E-state index contributed by atoms with van der Waals surface area (Å²) in [6.07, 6.45) is 5.36. The number of rotatable bonds is 6. The number of likely N-dealkylation sites (N-methyl/N-ethyl adjacent to an activating group) is 1. The van der Waals surface area contributed by atoms with Gasteiger partial charge in [-0.05, 0) is 49.6 Å². The molecule has 0 atom stereocenters. The standard InChI is InChI=1S/C22H26N6O2S/c1-15-6-9-23-20(12-15)26-19-5-3-4-17(25-19)18-13-24-22(31-18)28-10-7-16(8-11-28)27(2)21(30)14-29/h3-6,9,12-13,16,29H,7-8,10-11,14H2,1-2H3,(H,23,25,26). The Morgan fingerprint density at radius 2 is 2.06 bits per heavy atom. The van der Waals surface area contributed by atoms with E-state index in [1.165, 1.54) is 0 Å².